The van der Waals surface area contributed by atoms with Crippen LogP contribution >= 0.6 is 0 Å². The Hall–Kier alpha value is -0.0236. The quantitative estimate of drug-likeness (QED) is 0.284. The summed E-state index contributed by atoms with van der Waals surface area (Å²) in [6.07, 6.45) is 0. The van der Waals surface area contributed by atoms with Crippen molar-refractivity contribution in [1.82, 2.24) is 0 Å². The van der Waals surface area contributed by atoms with Crippen molar-refractivity contribution in [2.75, 3.05) is 0 Å². The molecule has 0 fully saturated rings. The van der Waals surface area contributed by atoms with E-state index in [0.29, 0.717) is 0 Å². The molecule has 2 amide bonds. The fourth-order valence-electron chi connectivity index (χ4n) is 0.295. The van der Waals surface area contributed by atoms with Crippen molar-refractivity contribution in [3.8, 4) is 0 Å². The van der Waals surface area contributed by atoms with E-state index >= 15 is 0 Å². The van der Waals surface area contributed by atoms with Gasteiger partial charge in [-0.25, -0.2) is 4.79 Å². The number of guanidine groups is 1. The Kier molecular flexibility index (Phi) is 3.97. The molecule has 0 bridgehead atoms. The normalized spacial score (nSPS) is 14.4. The summed E-state index contributed by atoms with van der Waals surface area (Å²) in [6.45, 7) is 0. The van der Waals surface area contributed by atoms with Crippen LogP contribution in [0, 0.1) is 10.1 Å². The van der Waals surface area contributed by atoms with Gasteiger partial charge in [-0.3, -0.25) is 0 Å². The van der Waals surface area contributed by atoms with E-state index in [1.165, 1.54) is 0 Å². The Morgan fingerprint density at radius 2 is 2.00 bits per heavy atom. The number of azo groups is 1. The van der Waals surface area contributed by atoms with Crippen molar-refractivity contribution in [3.05, 3.63) is 10.1 Å². The van der Waals surface area contributed by atoms with Crippen LogP contribution in [0.1, 0.15) is 0 Å². The Morgan fingerprint density at radius 1 is 1.40 bits per heavy atom. The zero-order chi connectivity index (χ0) is 6.85. The van der Waals surface area contributed by atoms with Gasteiger partial charge in [-0.15, -0.1) is 0 Å². The van der Waals surface area contributed by atoms with E-state index in [9.17, 15) is 14.9 Å². The molecule has 0 aromatic carbocycles. The van der Waals surface area contributed by atoms with E-state index in [1.807, 2.05) is 0 Å². The van der Waals surface area contributed by atoms with Gasteiger partial charge < -0.3 is 10.1 Å². The van der Waals surface area contributed by atoms with Gasteiger partial charge in [0.15, 0.2) is 0 Å². The molecule has 0 saturated carbocycles. The molecule has 0 unspecified atom stereocenters. The van der Waals surface area contributed by atoms with E-state index in [4.69, 9.17) is 0 Å². The first-order valence-corrected chi connectivity index (χ1v) is 1.89. The first-order valence-electron chi connectivity index (χ1n) is 1.89. The average Bonchev–Trinajstić information content (AvgIpc) is 2.14. The van der Waals surface area contributed by atoms with E-state index in [2.05, 4.69) is 15.2 Å². The van der Waals surface area contributed by atoms with Crippen molar-refractivity contribution >= 4 is 63.4 Å². The number of amides is 2. The molecule has 1 rings (SSSR count). The maximum atomic E-state index is 10.0. The number of carbonyl (C=O) groups excluding carboxylic acids is 1. The van der Waals surface area contributed by atoms with E-state index in [0.717, 1.165) is 0 Å². The number of nitrogens with zero attached hydrogens (tertiary/aromatic N) is 4. The summed E-state index contributed by atoms with van der Waals surface area (Å²) in [4.78, 5) is 21.7. The molecule has 0 saturated heterocycles. The number of rotatable bonds is 0. The zero-order valence-corrected chi connectivity index (χ0v) is 8.14. The van der Waals surface area contributed by atoms with Crippen LogP contribution in [0.3, 0.4) is 0 Å². The van der Waals surface area contributed by atoms with Gasteiger partial charge in [0.2, 0.25) is 0 Å². The molecule has 0 aromatic heterocycles. The third-order valence-electron chi connectivity index (χ3n) is 0.584. The van der Waals surface area contributed by atoms with E-state index in [1.54, 1.807) is 0 Å². The van der Waals surface area contributed by atoms with Gasteiger partial charge in [0, 0.05) is 61.5 Å². The zero-order valence-electron chi connectivity index (χ0n) is 5.01. The molecule has 8 heteroatoms. The van der Waals surface area contributed by atoms with Crippen LogP contribution in [0.2, 0.25) is 0 Å². The molecule has 0 aliphatic carbocycles. The average molecular weight is 167 g/mol. The third kappa shape index (κ3) is 2.31. The van der Waals surface area contributed by atoms with Crippen LogP contribution in [0.4, 0.5) is 4.79 Å². The van der Waals surface area contributed by atoms with E-state index < -0.39 is 16.9 Å². The van der Waals surface area contributed by atoms with Crippen molar-refractivity contribution in [1.29, 1.82) is 0 Å². The summed E-state index contributed by atoms with van der Waals surface area (Å²) in [5, 5.41) is 15.3. The SMILES string of the molecule is O=C1N=NC([N+](=O)[O-])=N1.[K]. The van der Waals surface area contributed by atoms with E-state index in [-0.39, 0.29) is 51.4 Å². The fraction of sp³-hybridized carbons (Fsp3) is 0. The van der Waals surface area contributed by atoms with Crippen LogP contribution in [-0.4, -0.2) is 68.3 Å². The van der Waals surface area contributed by atoms with Crippen molar-refractivity contribution in [3.63, 3.8) is 0 Å². The number of aliphatic imine (C=N–C) groups is 1. The molecule has 0 aromatic rings. The molecule has 0 spiro atoms. The first kappa shape index (κ1) is 9.98. The first-order chi connectivity index (χ1) is 4.20. The topological polar surface area (TPSA) is 97.3 Å². The molecule has 47 valence electrons. The Bertz CT molecular complexity index is 233. The largest absolute Gasteiger partial charge is 0.496 e. The number of urea groups is 1. The van der Waals surface area contributed by atoms with Crippen molar-refractivity contribution < 1.29 is 9.72 Å². The van der Waals surface area contributed by atoms with Crippen LogP contribution in [0.25, 0.3) is 0 Å². The third-order valence-corrected chi connectivity index (χ3v) is 0.584. The second-order valence-corrected chi connectivity index (χ2v) is 1.15. The maximum Gasteiger partial charge on any atom is 0.496 e. The number of carbonyl (C=O) groups is 1. The van der Waals surface area contributed by atoms with Gasteiger partial charge in [0.1, 0.15) is 0 Å². The Morgan fingerprint density at radius 3 is 2.20 bits per heavy atom. The van der Waals surface area contributed by atoms with Gasteiger partial charge >= 0.3 is 12.0 Å². The molecular weight excluding hydrogens is 167 g/mol. The summed E-state index contributed by atoms with van der Waals surface area (Å²) >= 11 is 0. The van der Waals surface area contributed by atoms with Crippen molar-refractivity contribution in [2.24, 2.45) is 15.2 Å². The summed E-state index contributed by atoms with van der Waals surface area (Å²) in [6, 6.07) is -0.929. The summed E-state index contributed by atoms with van der Waals surface area (Å²) in [5.41, 5.74) is 0. The van der Waals surface area contributed by atoms with Crippen LogP contribution in [0.15, 0.2) is 15.2 Å². The molecule has 1 aliphatic heterocycles. The van der Waals surface area contributed by atoms with Crippen molar-refractivity contribution in [2.45, 2.75) is 0 Å². The predicted molar refractivity (Wildman–Crippen MR) is 30.4 cm³/mol. The minimum Gasteiger partial charge on any atom is -0.390 e. The second kappa shape index (κ2) is 3.98. The number of hydrogen-bond donors (Lipinski definition) is 0. The smallest absolute Gasteiger partial charge is 0.390 e. The molecule has 0 N–H and O–H groups in total. The second-order valence-electron chi connectivity index (χ2n) is 1.15. The molecule has 1 aliphatic rings. The van der Waals surface area contributed by atoms with Crippen LogP contribution in [0.5, 0.6) is 0 Å². The minimum absolute atomic E-state index is 0. The molecule has 7 nitrogen and oxygen atoms in total. The summed E-state index contributed by atoms with van der Waals surface area (Å²) in [5.74, 6) is -0.750. The molecule has 10 heavy (non-hydrogen) atoms. The van der Waals surface area contributed by atoms with Gasteiger partial charge in [-0.05, 0) is 4.92 Å². The molecule has 0 atom stereocenters. The van der Waals surface area contributed by atoms with Gasteiger partial charge in [0.25, 0.3) is 0 Å². The number of hydrogen-bond acceptors (Lipinski definition) is 4. The summed E-state index contributed by atoms with van der Waals surface area (Å²) in [7, 11) is 0. The van der Waals surface area contributed by atoms with Gasteiger partial charge in [-0.2, -0.15) is 0 Å². The van der Waals surface area contributed by atoms with Crippen LogP contribution in [-0.2, 0) is 0 Å². The Balaban J connectivity index is 0.000000810. The fourth-order valence-corrected chi connectivity index (χ4v) is 0.295. The number of nitro groups is 1. The van der Waals surface area contributed by atoms with Gasteiger partial charge in [0.05, 0.1) is 5.11 Å². The standard InChI is InChI=1S/C2N4O3.K/c7-2-3-1(4-5-2)6(8)9;. The molecule has 1 radical (unpaired) electrons. The predicted octanol–water partition coefficient (Wildman–Crippen LogP) is -0.176. The Labute approximate surface area is 97.2 Å². The van der Waals surface area contributed by atoms with Gasteiger partial charge in [-0.1, -0.05) is 0 Å². The van der Waals surface area contributed by atoms with Crippen LogP contribution < -0.4 is 0 Å². The molecule has 1 heterocycles. The minimum atomic E-state index is -0.929. The monoisotopic (exact) mass is 167 g/mol. The summed E-state index contributed by atoms with van der Waals surface area (Å²) < 4.78 is 0. The molecular formula is C2KN4O3. The maximum absolute atomic E-state index is 10.0.